The van der Waals surface area contributed by atoms with Crippen LogP contribution in [-0.4, -0.2) is 33.6 Å². The van der Waals surface area contributed by atoms with Gasteiger partial charge < -0.3 is 0 Å². The Morgan fingerprint density at radius 1 is 1.12 bits per heavy atom. The molecule has 5 aromatic rings. The van der Waals surface area contributed by atoms with E-state index in [0.29, 0.717) is 11.3 Å². The van der Waals surface area contributed by atoms with Gasteiger partial charge in [0, 0.05) is 18.3 Å². The van der Waals surface area contributed by atoms with Gasteiger partial charge in [0.1, 0.15) is 23.0 Å². The second-order valence-electron chi connectivity index (χ2n) is 7.24. The Bertz CT molecular complexity index is 1650. The van der Waals surface area contributed by atoms with Crippen molar-refractivity contribution >= 4 is 22.4 Å². The second kappa shape index (κ2) is 7.23. The molecular weight excluding hydrogens is 414 g/mol. The summed E-state index contributed by atoms with van der Waals surface area (Å²) in [7, 11) is 0. The van der Waals surface area contributed by atoms with Gasteiger partial charge in [-0.15, -0.1) is 0 Å². The smallest absolute Gasteiger partial charge is 0.292 e. The number of nitrogens with zero attached hydrogens (tertiary/aromatic N) is 7. The number of hydrogen-bond donors (Lipinski definition) is 0. The maximum atomic E-state index is 13.0. The molecular formula is C21H15N7O4. The standard InChI is InChI=1S/C21H15N7O4/c1-13-6-7-18-24-14(8-19(29)26(18)10-13)11-25-12-22-20-15(21(25)30)9-23-27(20)16-4-2-3-5-17(16)28(31)32/h2-10,12H,11H2,1H3. The van der Waals surface area contributed by atoms with Crippen molar-refractivity contribution in [1.82, 2.24) is 28.7 Å². The maximum absolute atomic E-state index is 13.0. The van der Waals surface area contributed by atoms with Gasteiger partial charge in [-0.05, 0) is 24.6 Å². The van der Waals surface area contributed by atoms with Gasteiger partial charge in [-0.2, -0.15) is 5.10 Å². The van der Waals surface area contributed by atoms with E-state index in [1.165, 1.54) is 44.4 Å². The van der Waals surface area contributed by atoms with E-state index in [4.69, 9.17) is 0 Å². The number of aryl methyl sites for hydroxylation is 1. The summed E-state index contributed by atoms with van der Waals surface area (Å²) in [4.78, 5) is 45.1. The third-order valence-corrected chi connectivity index (χ3v) is 5.05. The van der Waals surface area contributed by atoms with E-state index >= 15 is 0 Å². The number of fused-ring (bicyclic) bond motifs is 2. The molecule has 5 rings (SSSR count). The number of para-hydroxylation sites is 2. The highest BCUT2D eigenvalue weighted by molar-refractivity contribution is 5.76. The fourth-order valence-corrected chi connectivity index (χ4v) is 3.55. The van der Waals surface area contributed by atoms with Gasteiger partial charge in [0.2, 0.25) is 0 Å². The lowest BCUT2D eigenvalue weighted by Crippen LogP contribution is -2.23. The number of pyridine rings is 1. The lowest BCUT2D eigenvalue weighted by molar-refractivity contribution is -0.384. The molecule has 0 atom stereocenters. The fraction of sp³-hybridized carbons (Fsp3) is 0.0952. The van der Waals surface area contributed by atoms with E-state index in [2.05, 4.69) is 15.1 Å². The molecule has 0 fully saturated rings. The minimum absolute atomic E-state index is 0.0397. The minimum Gasteiger partial charge on any atom is -0.292 e. The molecule has 158 valence electrons. The predicted molar refractivity (Wildman–Crippen MR) is 115 cm³/mol. The van der Waals surface area contributed by atoms with Crippen LogP contribution in [0.15, 0.2) is 70.8 Å². The van der Waals surface area contributed by atoms with Gasteiger partial charge in [0.15, 0.2) is 5.65 Å². The zero-order valence-electron chi connectivity index (χ0n) is 16.7. The van der Waals surface area contributed by atoms with Crippen LogP contribution >= 0.6 is 0 Å². The highest BCUT2D eigenvalue weighted by atomic mass is 16.6. The Kier molecular flexibility index (Phi) is 4.36. The molecule has 11 nitrogen and oxygen atoms in total. The van der Waals surface area contributed by atoms with Crippen LogP contribution in [0.1, 0.15) is 11.3 Å². The van der Waals surface area contributed by atoms with Crippen LogP contribution in [-0.2, 0) is 6.54 Å². The zero-order valence-corrected chi connectivity index (χ0v) is 16.7. The Labute approximate surface area is 179 Å². The molecule has 0 aliphatic rings. The van der Waals surface area contributed by atoms with Crippen molar-refractivity contribution in [2.75, 3.05) is 0 Å². The Morgan fingerprint density at radius 2 is 1.94 bits per heavy atom. The first-order valence-corrected chi connectivity index (χ1v) is 9.58. The molecule has 0 saturated heterocycles. The monoisotopic (exact) mass is 429 g/mol. The molecule has 0 spiro atoms. The molecule has 0 aliphatic heterocycles. The van der Waals surface area contributed by atoms with Crippen LogP contribution < -0.4 is 11.1 Å². The summed E-state index contributed by atoms with van der Waals surface area (Å²) in [5.41, 5.74) is 1.41. The lowest BCUT2D eigenvalue weighted by atomic mass is 10.2. The average Bonchev–Trinajstić information content (AvgIpc) is 3.21. The summed E-state index contributed by atoms with van der Waals surface area (Å²) in [6, 6.07) is 11.0. The van der Waals surface area contributed by atoms with E-state index in [9.17, 15) is 19.7 Å². The molecule has 0 unspecified atom stereocenters. The number of aromatic nitrogens is 6. The average molecular weight is 429 g/mol. The largest absolute Gasteiger partial charge is 0.294 e. The van der Waals surface area contributed by atoms with Gasteiger partial charge in [0.25, 0.3) is 16.8 Å². The van der Waals surface area contributed by atoms with Crippen molar-refractivity contribution < 1.29 is 4.92 Å². The third-order valence-electron chi connectivity index (χ3n) is 5.05. The van der Waals surface area contributed by atoms with Crippen molar-refractivity contribution in [1.29, 1.82) is 0 Å². The van der Waals surface area contributed by atoms with E-state index in [1.807, 2.05) is 13.0 Å². The van der Waals surface area contributed by atoms with Crippen molar-refractivity contribution in [3.63, 3.8) is 0 Å². The quantitative estimate of drug-likeness (QED) is 0.315. The fourth-order valence-electron chi connectivity index (χ4n) is 3.55. The van der Waals surface area contributed by atoms with Crippen LogP contribution in [0, 0.1) is 17.0 Å². The molecule has 0 N–H and O–H groups in total. The van der Waals surface area contributed by atoms with Crippen molar-refractivity contribution in [2.24, 2.45) is 0 Å². The SMILES string of the molecule is Cc1ccc2nc(Cn3cnc4c(cnn4-c4ccccc4[N+](=O)[O-])c3=O)cc(=O)n2c1. The van der Waals surface area contributed by atoms with Gasteiger partial charge in [-0.25, -0.2) is 14.6 Å². The molecule has 0 aliphatic carbocycles. The molecule has 32 heavy (non-hydrogen) atoms. The summed E-state index contributed by atoms with van der Waals surface area (Å²) in [6.45, 7) is 1.92. The first kappa shape index (κ1) is 19.3. The number of nitro groups is 1. The predicted octanol–water partition coefficient (Wildman–Crippen LogP) is 1.86. The Hall–Kier alpha value is -4.67. The Balaban J connectivity index is 1.58. The number of benzene rings is 1. The normalized spacial score (nSPS) is 11.3. The van der Waals surface area contributed by atoms with E-state index in [1.54, 1.807) is 24.4 Å². The summed E-state index contributed by atoms with van der Waals surface area (Å²) >= 11 is 0. The molecule has 4 heterocycles. The van der Waals surface area contributed by atoms with Crippen LogP contribution in [0.2, 0.25) is 0 Å². The van der Waals surface area contributed by atoms with Gasteiger partial charge in [-0.3, -0.25) is 28.7 Å². The lowest BCUT2D eigenvalue weighted by Gasteiger charge is -2.08. The number of nitro benzene ring substituents is 1. The van der Waals surface area contributed by atoms with Crippen LogP contribution in [0.5, 0.6) is 0 Å². The first-order valence-electron chi connectivity index (χ1n) is 9.58. The van der Waals surface area contributed by atoms with Crippen LogP contribution in [0.4, 0.5) is 5.69 Å². The third kappa shape index (κ3) is 3.12. The highest BCUT2D eigenvalue weighted by Crippen LogP contribution is 2.23. The molecule has 0 saturated carbocycles. The van der Waals surface area contributed by atoms with E-state index in [0.717, 1.165) is 5.56 Å². The molecule has 4 aromatic heterocycles. The number of hydrogen-bond acceptors (Lipinski definition) is 7. The van der Waals surface area contributed by atoms with Gasteiger partial charge in [0.05, 0.1) is 23.4 Å². The van der Waals surface area contributed by atoms with Crippen molar-refractivity contribution in [2.45, 2.75) is 13.5 Å². The van der Waals surface area contributed by atoms with E-state index < -0.39 is 10.5 Å². The Morgan fingerprint density at radius 3 is 2.75 bits per heavy atom. The molecule has 0 amide bonds. The topological polar surface area (TPSA) is 130 Å². The van der Waals surface area contributed by atoms with Crippen LogP contribution in [0.3, 0.4) is 0 Å². The highest BCUT2D eigenvalue weighted by Gasteiger charge is 2.19. The zero-order chi connectivity index (χ0) is 22.4. The summed E-state index contributed by atoms with van der Waals surface area (Å²) in [5, 5.41) is 15.7. The van der Waals surface area contributed by atoms with Crippen molar-refractivity contribution in [3.05, 3.63) is 103 Å². The number of rotatable bonds is 4. The molecule has 1 aromatic carbocycles. The summed E-state index contributed by atoms with van der Waals surface area (Å²) in [5.74, 6) is 0. The minimum atomic E-state index is -0.518. The summed E-state index contributed by atoms with van der Waals surface area (Å²) in [6.07, 6.45) is 4.34. The maximum Gasteiger partial charge on any atom is 0.294 e. The second-order valence-corrected chi connectivity index (χ2v) is 7.24. The molecule has 0 radical (unpaired) electrons. The summed E-state index contributed by atoms with van der Waals surface area (Å²) < 4.78 is 4.03. The van der Waals surface area contributed by atoms with Gasteiger partial charge in [-0.1, -0.05) is 18.2 Å². The molecule has 0 bridgehead atoms. The van der Waals surface area contributed by atoms with Gasteiger partial charge >= 0.3 is 0 Å². The first-order chi connectivity index (χ1) is 15.4. The van der Waals surface area contributed by atoms with Crippen molar-refractivity contribution in [3.8, 4) is 5.69 Å². The molecule has 11 heteroatoms. The van der Waals surface area contributed by atoms with E-state index in [-0.39, 0.29) is 34.5 Å². The van der Waals surface area contributed by atoms with Crippen LogP contribution in [0.25, 0.3) is 22.4 Å².